The second-order valence-corrected chi connectivity index (χ2v) is 9.75. The Bertz CT molecular complexity index is 1190. The fraction of sp³-hybridized carbons (Fsp3) is 0.273. The molecule has 0 atom stereocenters. The monoisotopic (exact) mass is 473 g/mol. The summed E-state index contributed by atoms with van der Waals surface area (Å²) in [5.41, 5.74) is 1.70. The third-order valence-electron chi connectivity index (χ3n) is 5.01. The lowest BCUT2D eigenvalue weighted by Crippen LogP contribution is -2.40. The van der Waals surface area contributed by atoms with Crippen LogP contribution < -0.4 is 0 Å². The van der Waals surface area contributed by atoms with Crippen LogP contribution in [-0.4, -0.2) is 60.8 Å². The van der Waals surface area contributed by atoms with E-state index >= 15 is 0 Å². The molecule has 0 radical (unpaired) electrons. The lowest BCUT2D eigenvalue weighted by molar-refractivity contribution is 0.0462. The molecule has 0 N–H and O–H groups in total. The van der Waals surface area contributed by atoms with Gasteiger partial charge in [0.2, 0.25) is 10.0 Å². The molecule has 32 heavy (non-hydrogen) atoms. The molecule has 3 aromatic rings. The molecule has 2 aromatic carbocycles. The van der Waals surface area contributed by atoms with Crippen molar-refractivity contribution in [1.82, 2.24) is 13.9 Å². The Morgan fingerprint density at radius 3 is 2.59 bits per heavy atom. The molecule has 2 heterocycles. The highest BCUT2D eigenvalue weighted by Crippen LogP contribution is 2.23. The number of nitrogens with zero attached hydrogens (tertiary/aromatic N) is 3. The Labute approximate surface area is 191 Å². The van der Waals surface area contributed by atoms with Crippen molar-refractivity contribution in [2.75, 3.05) is 32.6 Å². The highest BCUT2D eigenvalue weighted by molar-refractivity contribution is 7.98. The van der Waals surface area contributed by atoms with Crippen LogP contribution in [0.15, 0.2) is 70.8 Å². The van der Waals surface area contributed by atoms with Crippen molar-refractivity contribution in [3.05, 3.63) is 72.1 Å². The van der Waals surface area contributed by atoms with Crippen molar-refractivity contribution in [2.45, 2.75) is 16.7 Å². The molecule has 10 heteroatoms. The Kier molecular flexibility index (Phi) is 6.95. The maximum atomic E-state index is 12.9. The number of aromatic nitrogens is 2. The first-order valence-electron chi connectivity index (χ1n) is 10.0. The third kappa shape index (κ3) is 4.73. The summed E-state index contributed by atoms with van der Waals surface area (Å²) in [6.07, 6.45) is 3.37. The third-order valence-corrected chi connectivity index (χ3v) is 7.56. The number of rotatable bonds is 7. The number of sulfonamides is 1. The Balaban J connectivity index is 1.51. The summed E-state index contributed by atoms with van der Waals surface area (Å²) in [5.74, 6) is -0.539. The van der Waals surface area contributed by atoms with Crippen molar-refractivity contribution in [3.8, 4) is 5.69 Å². The molecule has 1 aliphatic rings. The van der Waals surface area contributed by atoms with Crippen molar-refractivity contribution >= 4 is 27.8 Å². The summed E-state index contributed by atoms with van der Waals surface area (Å²) < 4.78 is 39.7. The smallest absolute Gasteiger partial charge is 0.357 e. The topological polar surface area (TPSA) is 90.7 Å². The highest BCUT2D eigenvalue weighted by atomic mass is 32.2. The summed E-state index contributed by atoms with van der Waals surface area (Å²) >= 11 is 1.42. The van der Waals surface area contributed by atoms with E-state index in [2.05, 4.69) is 4.98 Å². The minimum atomic E-state index is -3.62. The number of carbonyl (C=O) groups excluding carboxylic acids is 1. The largest absolute Gasteiger partial charge is 0.456 e. The number of benzene rings is 2. The molecular weight excluding hydrogens is 450 g/mol. The van der Waals surface area contributed by atoms with Gasteiger partial charge in [-0.15, -0.1) is 0 Å². The maximum absolute atomic E-state index is 12.9. The molecule has 1 aliphatic heterocycles. The van der Waals surface area contributed by atoms with Crippen LogP contribution in [0.5, 0.6) is 0 Å². The number of esters is 1. The minimum Gasteiger partial charge on any atom is -0.456 e. The number of carbonyl (C=O) groups is 1. The van der Waals surface area contributed by atoms with Gasteiger partial charge in [0.25, 0.3) is 0 Å². The normalized spacial score (nSPS) is 14.9. The molecule has 168 valence electrons. The van der Waals surface area contributed by atoms with E-state index in [0.29, 0.717) is 42.7 Å². The highest BCUT2D eigenvalue weighted by Gasteiger charge is 2.26. The molecule has 1 saturated heterocycles. The van der Waals surface area contributed by atoms with Gasteiger partial charge < -0.3 is 9.47 Å². The molecule has 0 spiro atoms. The molecule has 0 aliphatic carbocycles. The average Bonchev–Trinajstić information content (AvgIpc) is 3.28. The van der Waals surface area contributed by atoms with Gasteiger partial charge in [-0.3, -0.25) is 4.57 Å². The van der Waals surface area contributed by atoms with Crippen LogP contribution in [-0.2, 0) is 26.1 Å². The van der Waals surface area contributed by atoms with Gasteiger partial charge in [-0.2, -0.15) is 4.31 Å². The summed E-state index contributed by atoms with van der Waals surface area (Å²) in [6.45, 7) is 1.35. The predicted molar refractivity (Wildman–Crippen MR) is 120 cm³/mol. The first kappa shape index (κ1) is 22.5. The summed E-state index contributed by atoms with van der Waals surface area (Å²) in [7, 11) is -3.62. The number of hydrogen-bond acceptors (Lipinski definition) is 7. The molecule has 0 bridgehead atoms. The first-order valence-corrected chi connectivity index (χ1v) is 12.7. The Hall–Kier alpha value is -2.66. The Morgan fingerprint density at radius 2 is 1.88 bits per heavy atom. The van der Waals surface area contributed by atoms with Crippen molar-refractivity contribution in [3.63, 3.8) is 0 Å². The second-order valence-electron chi connectivity index (χ2n) is 7.04. The lowest BCUT2D eigenvalue weighted by atomic mass is 10.2. The minimum absolute atomic E-state index is 0.0557. The molecule has 0 saturated carbocycles. The van der Waals surface area contributed by atoms with E-state index in [4.69, 9.17) is 9.47 Å². The molecule has 1 aromatic heterocycles. The number of ether oxygens (including phenoxy) is 2. The van der Waals surface area contributed by atoms with E-state index in [1.807, 2.05) is 36.6 Å². The van der Waals surface area contributed by atoms with Crippen LogP contribution in [0.4, 0.5) is 0 Å². The molecule has 0 amide bonds. The van der Waals surface area contributed by atoms with Gasteiger partial charge in [0, 0.05) is 18.8 Å². The van der Waals surface area contributed by atoms with Gasteiger partial charge in [0.05, 0.1) is 24.3 Å². The first-order chi connectivity index (χ1) is 15.5. The summed E-state index contributed by atoms with van der Waals surface area (Å²) in [4.78, 5) is 17.3. The van der Waals surface area contributed by atoms with Gasteiger partial charge in [0.15, 0.2) is 10.9 Å². The van der Waals surface area contributed by atoms with Crippen molar-refractivity contribution in [1.29, 1.82) is 0 Å². The van der Waals surface area contributed by atoms with E-state index in [0.717, 1.165) is 5.69 Å². The molecular formula is C22H23N3O5S2. The van der Waals surface area contributed by atoms with E-state index in [9.17, 15) is 13.2 Å². The quantitative estimate of drug-likeness (QED) is 0.385. The number of thioether (sulfide) groups is 1. The molecule has 1 fully saturated rings. The number of para-hydroxylation sites is 1. The summed E-state index contributed by atoms with van der Waals surface area (Å²) in [6, 6.07) is 15.9. The van der Waals surface area contributed by atoms with E-state index < -0.39 is 16.0 Å². The lowest BCUT2D eigenvalue weighted by Gasteiger charge is -2.26. The van der Waals surface area contributed by atoms with E-state index in [-0.39, 0.29) is 11.5 Å². The second kappa shape index (κ2) is 9.86. The fourth-order valence-electron chi connectivity index (χ4n) is 3.40. The molecule has 4 rings (SSSR count). The van der Waals surface area contributed by atoms with E-state index in [1.54, 1.807) is 28.8 Å². The van der Waals surface area contributed by atoms with Crippen molar-refractivity contribution in [2.24, 2.45) is 0 Å². The van der Waals surface area contributed by atoms with E-state index in [1.165, 1.54) is 22.3 Å². The van der Waals surface area contributed by atoms with Gasteiger partial charge in [-0.25, -0.2) is 18.2 Å². The van der Waals surface area contributed by atoms with Crippen LogP contribution in [0.25, 0.3) is 5.69 Å². The maximum Gasteiger partial charge on any atom is 0.357 e. The summed E-state index contributed by atoms with van der Waals surface area (Å²) in [5, 5.41) is 0.668. The zero-order chi connectivity index (χ0) is 22.6. The van der Waals surface area contributed by atoms with Crippen LogP contribution in [0.3, 0.4) is 0 Å². The molecule has 8 nitrogen and oxygen atoms in total. The van der Waals surface area contributed by atoms with Crippen LogP contribution in [0.2, 0.25) is 0 Å². The fourth-order valence-corrected chi connectivity index (χ4v) is 5.43. The van der Waals surface area contributed by atoms with Gasteiger partial charge >= 0.3 is 5.97 Å². The Morgan fingerprint density at radius 1 is 1.12 bits per heavy atom. The number of imidazole rings is 1. The van der Waals surface area contributed by atoms with Gasteiger partial charge in [-0.1, -0.05) is 42.1 Å². The predicted octanol–water partition coefficient (Wildman–Crippen LogP) is 2.97. The molecule has 0 unspecified atom stereocenters. The average molecular weight is 474 g/mol. The van der Waals surface area contributed by atoms with Gasteiger partial charge in [-0.05, 0) is 36.1 Å². The standard InChI is InChI=1S/C22H23N3O5S2/c1-31-22-23-15-20(25(22)18-7-3-2-4-8-18)21(26)30-16-17-6-5-9-19(14-17)32(27,28)24-10-12-29-13-11-24/h2-9,14-15H,10-13,16H2,1H3. The van der Waals surface area contributed by atoms with Crippen LogP contribution >= 0.6 is 11.8 Å². The van der Waals surface area contributed by atoms with Crippen LogP contribution in [0.1, 0.15) is 16.1 Å². The SMILES string of the molecule is CSc1ncc(C(=O)OCc2cccc(S(=O)(=O)N3CCOCC3)c2)n1-c1ccccc1. The van der Waals surface area contributed by atoms with Gasteiger partial charge in [0.1, 0.15) is 6.61 Å². The van der Waals surface area contributed by atoms with Crippen molar-refractivity contribution < 1.29 is 22.7 Å². The zero-order valence-corrected chi connectivity index (χ0v) is 19.1. The number of morpholine rings is 1. The number of hydrogen-bond donors (Lipinski definition) is 0. The zero-order valence-electron chi connectivity index (χ0n) is 17.5. The van der Waals surface area contributed by atoms with Crippen LogP contribution in [0, 0.1) is 0 Å².